The fourth-order valence-corrected chi connectivity index (χ4v) is 4.56. The molecular formula is C20H17N3O2S2. The van der Waals surface area contributed by atoms with Gasteiger partial charge in [0.15, 0.2) is 0 Å². The maximum absolute atomic E-state index is 12.4. The summed E-state index contributed by atoms with van der Waals surface area (Å²) in [5.74, 6) is -0.317. The molecule has 3 aromatic rings. The third kappa shape index (κ3) is 4.04. The van der Waals surface area contributed by atoms with E-state index in [0.29, 0.717) is 5.69 Å². The van der Waals surface area contributed by atoms with E-state index >= 15 is 0 Å². The fourth-order valence-electron chi connectivity index (χ4n) is 2.83. The summed E-state index contributed by atoms with van der Waals surface area (Å²) >= 11 is 3.03. The molecule has 5 nitrogen and oxygen atoms in total. The highest BCUT2D eigenvalue weighted by atomic mass is 32.2. The molecule has 2 N–H and O–H groups in total. The first kappa shape index (κ1) is 17.8. The van der Waals surface area contributed by atoms with E-state index < -0.39 is 5.25 Å². The summed E-state index contributed by atoms with van der Waals surface area (Å²) in [4.78, 5) is 30.1. The Morgan fingerprint density at radius 2 is 1.96 bits per heavy atom. The molecule has 1 unspecified atom stereocenters. The number of fused-ring (bicyclic) bond motifs is 1. The van der Waals surface area contributed by atoms with Crippen LogP contribution in [0.3, 0.4) is 0 Å². The molecule has 1 aromatic heterocycles. The van der Waals surface area contributed by atoms with Crippen LogP contribution in [0.2, 0.25) is 0 Å². The average Bonchev–Trinajstić information content (AvgIpc) is 3.09. The van der Waals surface area contributed by atoms with Gasteiger partial charge in [-0.25, -0.2) is 4.98 Å². The van der Waals surface area contributed by atoms with E-state index in [1.54, 1.807) is 11.3 Å². The number of rotatable bonds is 4. The van der Waals surface area contributed by atoms with Gasteiger partial charge in [0, 0.05) is 27.9 Å². The minimum Gasteiger partial charge on any atom is -0.326 e. The monoisotopic (exact) mass is 395 g/mol. The van der Waals surface area contributed by atoms with E-state index in [1.807, 2.05) is 60.8 Å². The van der Waals surface area contributed by atoms with Crippen LogP contribution in [-0.2, 0) is 9.59 Å². The van der Waals surface area contributed by atoms with E-state index in [0.717, 1.165) is 26.8 Å². The maximum atomic E-state index is 12.4. The van der Waals surface area contributed by atoms with Gasteiger partial charge in [-0.15, -0.1) is 23.1 Å². The van der Waals surface area contributed by atoms with Crippen molar-refractivity contribution in [2.45, 2.75) is 23.5 Å². The second-order valence-electron chi connectivity index (χ2n) is 6.17. The second kappa shape index (κ2) is 7.54. The summed E-state index contributed by atoms with van der Waals surface area (Å²) in [5, 5.41) is 8.33. The summed E-state index contributed by atoms with van der Waals surface area (Å²) in [6.07, 6.45) is 0.123. The fraction of sp³-hybridized carbons (Fsp3) is 0.150. The Morgan fingerprint density at radius 1 is 1.19 bits per heavy atom. The Hall–Kier alpha value is -2.64. The number of para-hydroxylation sites is 1. The van der Waals surface area contributed by atoms with Crippen LogP contribution < -0.4 is 10.6 Å². The van der Waals surface area contributed by atoms with Crippen molar-refractivity contribution in [3.63, 3.8) is 0 Å². The van der Waals surface area contributed by atoms with Gasteiger partial charge in [0.25, 0.3) is 0 Å². The molecule has 1 aliphatic rings. The van der Waals surface area contributed by atoms with Gasteiger partial charge in [-0.1, -0.05) is 24.3 Å². The van der Waals surface area contributed by atoms with Crippen molar-refractivity contribution in [2.75, 3.05) is 10.6 Å². The van der Waals surface area contributed by atoms with E-state index in [-0.39, 0.29) is 18.2 Å². The Bertz CT molecular complexity index is 998. The number of hydrogen-bond acceptors (Lipinski definition) is 5. The second-order valence-corrected chi connectivity index (χ2v) is 8.48. The van der Waals surface area contributed by atoms with E-state index in [9.17, 15) is 9.59 Å². The Morgan fingerprint density at radius 3 is 2.70 bits per heavy atom. The van der Waals surface area contributed by atoms with Crippen LogP contribution in [-0.4, -0.2) is 22.0 Å². The zero-order valence-electron chi connectivity index (χ0n) is 14.6. The molecule has 0 aliphatic carbocycles. The number of carbonyl (C=O) groups excluding carboxylic acids is 2. The number of hydrogen-bond donors (Lipinski definition) is 2. The Labute approximate surface area is 165 Å². The molecule has 0 radical (unpaired) electrons. The predicted octanol–water partition coefficient (Wildman–Crippen LogP) is 4.56. The molecule has 1 atom stereocenters. The van der Waals surface area contributed by atoms with E-state index in [2.05, 4.69) is 15.6 Å². The molecule has 136 valence electrons. The van der Waals surface area contributed by atoms with Crippen LogP contribution >= 0.6 is 23.1 Å². The quantitative estimate of drug-likeness (QED) is 0.679. The maximum Gasteiger partial charge on any atom is 0.238 e. The van der Waals surface area contributed by atoms with Crippen LogP contribution in [0.4, 0.5) is 11.4 Å². The standard InChI is InChI=1S/C20H17N3O2S2/c1-12-21-16(11-26-12)13-6-8-14(9-7-13)22-19(24)10-18-20(25)23-15-4-2-3-5-17(15)27-18/h2-9,11,18H,10H2,1H3,(H,22,24)(H,23,25). The number of carbonyl (C=O) groups is 2. The predicted molar refractivity (Wildman–Crippen MR) is 110 cm³/mol. The van der Waals surface area contributed by atoms with Crippen LogP contribution in [0, 0.1) is 6.92 Å². The average molecular weight is 396 g/mol. The topological polar surface area (TPSA) is 71.1 Å². The molecule has 2 heterocycles. The minimum absolute atomic E-state index is 0.123. The number of thiazole rings is 1. The number of anilines is 2. The van der Waals surface area contributed by atoms with Crippen LogP contribution in [0.15, 0.2) is 58.8 Å². The van der Waals surface area contributed by atoms with Gasteiger partial charge in [0.1, 0.15) is 0 Å². The lowest BCUT2D eigenvalue weighted by Crippen LogP contribution is -2.32. The molecule has 0 bridgehead atoms. The Balaban J connectivity index is 1.39. The van der Waals surface area contributed by atoms with Gasteiger partial charge >= 0.3 is 0 Å². The normalized spacial score (nSPS) is 15.7. The highest BCUT2D eigenvalue weighted by Crippen LogP contribution is 2.36. The number of nitrogens with one attached hydrogen (secondary N) is 2. The Kier molecular flexibility index (Phi) is 4.96. The zero-order chi connectivity index (χ0) is 18.8. The SMILES string of the molecule is Cc1nc(-c2ccc(NC(=O)CC3Sc4ccccc4NC3=O)cc2)cs1. The zero-order valence-corrected chi connectivity index (χ0v) is 16.2. The minimum atomic E-state index is -0.433. The van der Waals surface area contributed by atoms with Gasteiger partial charge in [0.2, 0.25) is 11.8 Å². The van der Waals surface area contributed by atoms with E-state index in [4.69, 9.17) is 0 Å². The van der Waals surface area contributed by atoms with Gasteiger partial charge in [-0.3, -0.25) is 9.59 Å². The van der Waals surface area contributed by atoms with Crippen LogP contribution in [0.1, 0.15) is 11.4 Å². The van der Waals surface area contributed by atoms with Crippen molar-refractivity contribution in [1.82, 2.24) is 4.98 Å². The van der Waals surface area contributed by atoms with Gasteiger partial charge in [0.05, 0.1) is 21.6 Å². The number of thioether (sulfide) groups is 1. The molecule has 4 rings (SSSR count). The molecular weight excluding hydrogens is 378 g/mol. The summed E-state index contributed by atoms with van der Waals surface area (Å²) in [6, 6.07) is 15.2. The molecule has 1 aliphatic heterocycles. The molecule has 0 saturated carbocycles. The molecule has 2 aromatic carbocycles. The molecule has 0 saturated heterocycles. The summed E-state index contributed by atoms with van der Waals surface area (Å²) in [6.45, 7) is 1.97. The number of amides is 2. The summed E-state index contributed by atoms with van der Waals surface area (Å²) in [7, 11) is 0. The van der Waals surface area contributed by atoms with Crippen molar-refractivity contribution >= 4 is 46.3 Å². The molecule has 0 fully saturated rings. The van der Waals surface area contributed by atoms with Crippen molar-refractivity contribution in [1.29, 1.82) is 0 Å². The van der Waals surface area contributed by atoms with Crippen molar-refractivity contribution in [3.8, 4) is 11.3 Å². The first-order chi connectivity index (χ1) is 13.1. The first-order valence-electron chi connectivity index (χ1n) is 8.47. The lowest BCUT2D eigenvalue weighted by Gasteiger charge is -2.23. The van der Waals surface area contributed by atoms with Crippen LogP contribution in [0.25, 0.3) is 11.3 Å². The van der Waals surface area contributed by atoms with Gasteiger partial charge < -0.3 is 10.6 Å². The van der Waals surface area contributed by atoms with Crippen molar-refractivity contribution < 1.29 is 9.59 Å². The van der Waals surface area contributed by atoms with E-state index in [1.165, 1.54) is 11.8 Å². The molecule has 7 heteroatoms. The van der Waals surface area contributed by atoms with Crippen LogP contribution in [0.5, 0.6) is 0 Å². The number of nitrogens with zero attached hydrogens (tertiary/aromatic N) is 1. The largest absolute Gasteiger partial charge is 0.326 e. The van der Waals surface area contributed by atoms with Crippen molar-refractivity contribution in [2.24, 2.45) is 0 Å². The number of benzene rings is 2. The number of aromatic nitrogens is 1. The summed E-state index contributed by atoms with van der Waals surface area (Å²) < 4.78 is 0. The highest BCUT2D eigenvalue weighted by molar-refractivity contribution is 8.01. The lowest BCUT2D eigenvalue weighted by atomic mass is 10.1. The van der Waals surface area contributed by atoms with Gasteiger partial charge in [-0.05, 0) is 31.2 Å². The van der Waals surface area contributed by atoms with Crippen molar-refractivity contribution in [3.05, 3.63) is 58.9 Å². The third-order valence-electron chi connectivity index (χ3n) is 4.16. The van der Waals surface area contributed by atoms with Gasteiger partial charge in [-0.2, -0.15) is 0 Å². The summed E-state index contributed by atoms with van der Waals surface area (Å²) in [5.41, 5.74) is 3.45. The molecule has 27 heavy (non-hydrogen) atoms. The highest BCUT2D eigenvalue weighted by Gasteiger charge is 2.28. The molecule has 0 spiro atoms. The molecule has 2 amide bonds. The number of aryl methyl sites for hydroxylation is 1. The smallest absolute Gasteiger partial charge is 0.238 e. The lowest BCUT2D eigenvalue weighted by molar-refractivity contribution is -0.120. The third-order valence-corrected chi connectivity index (χ3v) is 6.21. The first-order valence-corrected chi connectivity index (χ1v) is 10.2.